The van der Waals surface area contributed by atoms with Gasteiger partial charge in [-0.05, 0) is 25.1 Å². The van der Waals surface area contributed by atoms with Crippen LogP contribution in [0.25, 0.3) is 11.3 Å². The third-order valence-corrected chi connectivity index (χ3v) is 3.14. The van der Waals surface area contributed by atoms with Crippen LogP contribution in [0.2, 0.25) is 0 Å². The lowest BCUT2D eigenvalue weighted by atomic mass is 10.1. The summed E-state index contributed by atoms with van der Waals surface area (Å²) in [7, 11) is 1.57. The predicted octanol–water partition coefficient (Wildman–Crippen LogP) is 2.42. The number of aromatic nitrogens is 3. The maximum absolute atomic E-state index is 11.8. The molecule has 0 aliphatic rings. The monoisotopic (exact) mass is 325 g/mol. The molecule has 1 aromatic heterocycles. The minimum absolute atomic E-state index is 0.149. The number of esters is 1. The van der Waals surface area contributed by atoms with Gasteiger partial charge in [0.2, 0.25) is 0 Å². The summed E-state index contributed by atoms with van der Waals surface area (Å²) in [5.41, 5.74) is 1.27. The van der Waals surface area contributed by atoms with Gasteiger partial charge in [-0.3, -0.25) is 0 Å². The summed E-state index contributed by atoms with van der Waals surface area (Å²) in [5.74, 6) is 0.150. The average molecular weight is 326 g/mol. The summed E-state index contributed by atoms with van der Waals surface area (Å²) in [6.07, 6.45) is 0. The first-order valence-corrected chi connectivity index (χ1v) is 6.38. The van der Waals surface area contributed by atoms with Crippen molar-refractivity contribution in [1.82, 2.24) is 15.4 Å². The van der Waals surface area contributed by atoms with Gasteiger partial charge in [-0.25, -0.2) is 4.79 Å². The Hall–Kier alpha value is -1.89. The molecule has 0 aliphatic carbocycles. The Morgan fingerprint density at radius 1 is 1.42 bits per heavy atom. The number of nitrogens with one attached hydrogen (secondary N) is 1. The highest BCUT2D eigenvalue weighted by atomic mass is 79.9. The molecular weight excluding hydrogens is 314 g/mol. The van der Waals surface area contributed by atoms with E-state index in [1.165, 1.54) is 0 Å². The van der Waals surface area contributed by atoms with Crippen LogP contribution in [0.5, 0.6) is 5.75 Å². The molecule has 0 amide bonds. The fraction of sp³-hybridized carbons (Fsp3) is 0.250. The number of carbonyl (C=O) groups is 1. The molecule has 0 bridgehead atoms. The van der Waals surface area contributed by atoms with E-state index < -0.39 is 5.97 Å². The lowest BCUT2D eigenvalue weighted by Gasteiger charge is -2.06. The van der Waals surface area contributed by atoms with Gasteiger partial charge in [-0.2, -0.15) is 10.3 Å². The van der Waals surface area contributed by atoms with E-state index in [4.69, 9.17) is 9.47 Å². The lowest BCUT2D eigenvalue weighted by Crippen LogP contribution is -2.07. The van der Waals surface area contributed by atoms with E-state index in [0.29, 0.717) is 17.0 Å². The molecule has 7 heteroatoms. The van der Waals surface area contributed by atoms with Crippen molar-refractivity contribution in [2.24, 2.45) is 0 Å². The highest BCUT2D eigenvalue weighted by Crippen LogP contribution is 2.32. The molecule has 0 fully saturated rings. The molecule has 2 rings (SSSR count). The molecule has 0 unspecified atom stereocenters. The molecule has 0 radical (unpaired) electrons. The van der Waals surface area contributed by atoms with Gasteiger partial charge in [0, 0.05) is 10.0 Å². The quantitative estimate of drug-likeness (QED) is 0.873. The van der Waals surface area contributed by atoms with Crippen LogP contribution in [0.1, 0.15) is 17.4 Å². The number of nitrogens with zero attached hydrogens (tertiary/aromatic N) is 2. The Kier molecular flexibility index (Phi) is 4.16. The summed E-state index contributed by atoms with van der Waals surface area (Å²) >= 11 is 3.41. The van der Waals surface area contributed by atoms with Crippen LogP contribution >= 0.6 is 15.9 Å². The fourth-order valence-electron chi connectivity index (χ4n) is 1.57. The second-order valence-electron chi connectivity index (χ2n) is 3.59. The van der Waals surface area contributed by atoms with Crippen molar-refractivity contribution in [3.05, 3.63) is 28.4 Å². The zero-order valence-corrected chi connectivity index (χ0v) is 12.0. The van der Waals surface area contributed by atoms with Gasteiger partial charge in [0.15, 0.2) is 5.69 Å². The van der Waals surface area contributed by atoms with Crippen molar-refractivity contribution in [2.45, 2.75) is 6.92 Å². The van der Waals surface area contributed by atoms with Crippen molar-refractivity contribution in [1.29, 1.82) is 0 Å². The third kappa shape index (κ3) is 2.76. The van der Waals surface area contributed by atoms with Gasteiger partial charge in [0.25, 0.3) is 0 Å². The van der Waals surface area contributed by atoms with Gasteiger partial charge in [0.1, 0.15) is 11.4 Å². The van der Waals surface area contributed by atoms with E-state index in [9.17, 15) is 4.79 Å². The van der Waals surface area contributed by atoms with Crippen LogP contribution < -0.4 is 4.74 Å². The molecule has 1 aromatic carbocycles. The van der Waals surface area contributed by atoms with E-state index in [0.717, 1.165) is 4.47 Å². The number of benzene rings is 1. The number of hydrogen-bond donors (Lipinski definition) is 1. The fourth-order valence-corrected chi connectivity index (χ4v) is 2.01. The van der Waals surface area contributed by atoms with Gasteiger partial charge in [-0.1, -0.05) is 15.9 Å². The van der Waals surface area contributed by atoms with Gasteiger partial charge < -0.3 is 9.47 Å². The molecule has 100 valence electrons. The highest BCUT2D eigenvalue weighted by Gasteiger charge is 2.21. The van der Waals surface area contributed by atoms with Crippen molar-refractivity contribution < 1.29 is 14.3 Å². The largest absolute Gasteiger partial charge is 0.497 e. The summed E-state index contributed by atoms with van der Waals surface area (Å²) in [5, 5.41) is 10.3. The first-order chi connectivity index (χ1) is 9.17. The van der Waals surface area contributed by atoms with Crippen molar-refractivity contribution in [3.63, 3.8) is 0 Å². The maximum Gasteiger partial charge on any atom is 0.361 e. The second kappa shape index (κ2) is 5.83. The zero-order valence-electron chi connectivity index (χ0n) is 10.4. The van der Waals surface area contributed by atoms with E-state index in [2.05, 4.69) is 31.3 Å². The summed E-state index contributed by atoms with van der Waals surface area (Å²) in [4.78, 5) is 11.8. The first-order valence-electron chi connectivity index (χ1n) is 5.59. The normalized spacial score (nSPS) is 10.3. The third-order valence-electron chi connectivity index (χ3n) is 2.45. The Morgan fingerprint density at radius 3 is 2.89 bits per heavy atom. The number of H-pyrrole nitrogens is 1. The number of hydrogen-bond acceptors (Lipinski definition) is 5. The van der Waals surface area contributed by atoms with Crippen LogP contribution in [0.15, 0.2) is 22.7 Å². The number of methoxy groups -OCH3 is 1. The summed E-state index contributed by atoms with van der Waals surface area (Å²) in [6.45, 7) is 2.02. The smallest absolute Gasteiger partial charge is 0.361 e. The van der Waals surface area contributed by atoms with Crippen LogP contribution in [-0.2, 0) is 4.74 Å². The van der Waals surface area contributed by atoms with E-state index in [1.807, 2.05) is 6.07 Å². The van der Waals surface area contributed by atoms with Crippen molar-refractivity contribution in [2.75, 3.05) is 13.7 Å². The molecule has 0 saturated carbocycles. The number of rotatable bonds is 4. The molecule has 6 nitrogen and oxygen atoms in total. The summed E-state index contributed by atoms with van der Waals surface area (Å²) < 4.78 is 10.9. The van der Waals surface area contributed by atoms with Crippen molar-refractivity contribution >= 4 is 21.9 Å². The molecule has 0 aliphatic heterocycles. The summed E-state index contributed by atoms with van der Waals surface area (Å²) in [6, 6.07) is 5.39. The van der Waals surface area contributed by atoms with Crippen LogP contribution in [0.4, 0.5) is 0 Å². The minimum atomic E-state index is -0.513. The topological polar surface area (TPSA) is 77.1 Å². The van der Waals surface area contributed by atoms with E-state index >= 15 is 0 Å². The Labute approximate surface area is 118 Å². The standard InChI is InChI=1S/C12H12BrN3O3/c1-3-19-12(17)11-10(14-16-15-11)8-6-7(18-2)4-5-9(8)13/h4-6H,3H2,1-2H3,(H,14,15,16). The molecule has 1 heterocycles. The average Bonchev–Trinajstić information content (AvgIpc) is 2.89. The van der Waals surface area contributed by atoms with E-state index in [-0.39, 0.29) is 12.3 Å². The molecule has 0 atom stereocenters. The molecule has 0 saturated heterocycles. The van der Waals surface area contributed by atoms with Crippen LogP contribution in [0.3, 0.4) is 0 Å². The molecule has 19 heavy (non-hydrogen) atoms. The number of ether oxygens (including phenoxy) is 2. The van der Waals surface area contributed by atoms with Gasteiger partial charge in [0.05, 0.1) is 13.7 Å². The van der Waals surface area contributed by atoms with Crippen LogP contribution in [0, 0.1) is 0 Å². The van der Waals surface area contributed by atoms with Gasteiger partial charge >= 0.3 is 5.97 Å². The second-order valence-corrected chi connectivity index (χ2v) is 4.44. The Balaban J connectivity index is 2.48. The first kappa shape index (κ1) is 13.5. The Bertz CT molecular complexity index is 598. The Morgan fingerprint density at radius 2 is 2.21 bits per heavy atom. The predicted molar refractivity (Wildman–Crippen MR) is 72.0 cm³/mol. The maximum atomic E-state index is 11.8. The number of carbonyl (C=O) groups excluding carboxylic acids is 1. The van der Waals surface area contributed by atoms with Gasteiger partial charge in [-0.15, -0.1) is 5.10 Å². The van der Waals surface area contributed by atoms with Crippen molar-refractivity contribution in [3.8, 4) is 17.0 Å². The molecule has 2 aromatic rings. The highest BCUT2D eigenvalue weighted by molar-refractivity contribution is 9.10. The molecule has 0 spiro atoms. The van der Waals surface area contributed by atoms with E-state index in [1.54, 1.807) is 26.2 Å². The molecule has 1 N–H and O–H groups in total. The van der Waals surface area contributed by atoms with Crippen LogP contribution in [-0.4, -0.2) is 35.1 Å². The SMILES string of the molecule is CCOC(=O)c1n[nH]nc1-c1cc(OC)ccc1Br. The minimum Gasteiger partial charge on any atom is -0.497 e. The number of halogens is 1. The number of aromatic amines is 1. The lowest BCUT2D eigenvalue weighted by molar-refractivity contribution is 0.0520. The zero-order chi connectivity index (χ0) is 13.8. The molecular formula is C12H12BrN3O3.